The first-order valence-corrected chi connectivity index (χ1v) is 15.1. The number of nitrogens with one attached hydrogen (secondary N) is 1. The number of piperidine rings is 1. The zero-order valence-corrected chi connectivity index (χ0v) is 22.4. The van der Waals surface area contributed by atoms with Crippen molar-refractivity contribution in [1.82, 2.24) is 15.1 Å². The van der Waals surface area contributed by atoms with Gasteiger partial charge in [0, 0.05) is 44.4 Å². The van der Waals surface area contributed by atoms with Gasteiger partial charge in [-0.05, 0) is 69.2 Å². The van der Waals surface area contributed by atoms with Crippen molar-refractivity contribution in [2.45, 2.75) is 103 Å². The molecule has 202 valence electrons. The second kappa shape index (κ2) is 10.5. The summed E-state index contributed by atoms with van der Waals surface area (Å²) in [6.07, 6.45) is 12.2. The SMILES string of the molecule is CC1C(CCC(=O)N2CCN(C3CCCCN3)CC2)C(=O)OC2C(C)C3OC4CCCCC4C3CC12. The van der Waals surface area contributed by atoms with Crippen LogP contribution in [0, 0.1) is 35.5 Å². The van der Waals surface area contributed by atoms with Gasteiger partial charge >= 0.3 is 5.97 Å². The molecular formula is C29H47N3O4. The van der Waals surface area contributed by atoms with Crippen molar-refractivity contribution in [1.29, 1.82) is 0 Å². The van der Waals surface area contributed by atoms with E-state index in [1.54, 1.807) is 0 Å². The van der Waals surface area contributed by atoms with Crippen molar-refractivity contribution >= 4 is 11.9 Å². The lowest BCUT2D eigenvalue weighted by atomic mass is 9.60. The van der Waals surface area contributed by atoms with Crippen LogP contribution in [-0.2, 0) is 19.1 Å². The van der Waals surface area contributed by atoms with Crippen molar-refractivity contribution < 1.29 is 19.1 Å². The highest BCUT2D eigenvalue weighted by atomic mass is 16.6. The molecule has 6 fully saturated rings. The van der Waals surface area contributed by atoms with Crippen LogP contribution in [0.25, 0.3) is 0 Å². The van der Waals surface area contributed by atoms with Crippen LogP contribution in [0.15, 0.2) is 0 Å². The first-order chi connectivity index (χ1) is 17.5. The first-order valence-electron chi connectivity index (χ1n) is 15.1. The molecule has 10 atom stereocenters. The molecule has 7 nitrogen and oxygen atoms in total. The Morgan fingerprint density at radius 3 is 2.47 bits per heavy atom. The molecule has 2 saturated carbocycles. The molecule has 0 aromatic carbocycles. The Balaban J connectivity index is 1.03. The molecule has 0 aromatic heterocycles. The Morgan fingerprint density at radius 1 is 0.917 bits per heavy atom. The van der Waals surface area contributed by atoms with E-state index in [2.05, 4.69) is 24.1 Å². The number of carbonyl (C=O) groups excluding carboxylic acids is 2. The third kappa shape index (κ3) is 4.62. The monoisotopic (exact) mass is 501 g/mol. The molecule has 0 spiro atoms. The van der Waals surface area contributed by atoms with Gasteiger partial charge < -0.3 is 19.7 Å². The number of hydrogen-bond acceptors (Lipinski definition) is 6. The summed E-state index contributed by atoms with van der Waals surface area (Å²) in [4.78, 5) is 30.8. The summed E-state index contributed by atoms with van der Waals surface area (Å²) in [6.45, 7) is 9.10. The number of hydrogen-bond donors (Lipinski definition) is 1. The van der Waals surface area contributed by atoms with Gasteiger partial charge in [0.05, 0.1) is 24.3 Å². The normalized spacial score (nSPS) is 45.4. The average Bonchev–Trinajstić information content (AvgIpc) is 3.29. The van der Waals surface area contributed by atoms with E-state index in [9.17, 15) is 9.59 Å². The number of nitrogens with zero attached hydrogens (tertiary/aromatic N) is 2. The van der Waals surface area contributed by atoms with Crippen molar-refractivity contribution in [2.24, 2.45) is 35.5 Å². The predicted molar refractivity (Wildman–Crippen MR) is 137 cm³/mol. The number of ether oxygens (including phenoxy) is 2. The maximum atomic E-state index is 13.2. The molecule has 0 aromatic rings. The van der Waals surface area contributed by atoms with Crippen molar-refractivity contribution in [3.8, 4) is 0 Å². The van der Waals surface area contributed by atoms with E-state index in [-0.39, 0.29) is 41.8 Å². The fourth-order valence-electron chi connectivity index (χ4n) is 8.87. The first kappa shape index (κ1) is 25.1. The fourth-order valence-corrected chi connectivity index (χ4v) is 8.87. The lowest BCUT2D eigenvalue weighted by Crippen LogP contribution is -2.57. The molecule has 0 bridgehead atoms. The number of amides is 1. The van der Waals surface area contributed by atoms with Crippen molar-refractivity contribution in [3.05, 3.63) is 0 Å². The third-order valence-electron chi connectivity index (χ3n) is 11.0. The molecule has 36 heavy (non-hydrogen) atoms. The minimum absolute atomic E-state index is 0.0256. The highest BCUT2D eigenvalue weighted by Crippen LogP contribution is 2.54. The lowest BCUT2D eigenvalue weighted by molar-refractivity contribution is -0.193. The average molecular weight is 502 g/mol. The number of esters is 1. The van der Waals surface area contributed by atoms with Gasteiger partial charge in [0.1, 0.15) is 6.10 Å². The minimum atomic E-state index is -0.156. The van der Waals surface area contributed by atoms with Gasteiger partial charge in [-0.2, -0.15) is 0 Å². The maximum absolute atomic E-state index is 13.2. The van der Waals surface area contributed by atoms with Gasteiger partial charge in [0.2, 0.25) is 5.91 Å². The molecule has 6 rings (SSSR count). The Hall–Kier alpha value is -1.18. The summed E-state index contributed by atoms with van der Waals surface area (Å²) in [5.41, 5.74) is 0. The van der Waals surface area contributed by atoms with Crippen molar-refractivity contribution in [3.63, 3.8) is 0 Å². The second-order valence-corrected chi connectivity index (χ2v) is 12.8. The van der Waals surface area contributed by atoms with Gasteiger partial charge in [-0.1, -0.05) is 26.7 Å². The van der Waals surface area contributed by atoms with Crippen LogP contribution in [0.4, 0.5) is 0 Å². The summed E-state index contributed by atoms with van der Waals surface area (Å²) in [6, 6.07) is 0. The van der Waals surface area contributed by atoms with Gasteiger partial charge in [0.25, 0.3) is 0 Å². The zero-order valence-electron chi connectivity index (χ0n) is 22.4. The molecule has 10 unspecified atom stereocenters. The van der Waals surface area contributed by atoms with Crippen LogP contribution in [0.2, 0.25) is 0 Å². The van der Waals surface area contributed by atoms with Crippen LogP contribution in [0.1, 0.15) is 78.1 Å². The highest BCUT2D eigenvalue weighted by molar-refractivity contribution is 5.78. The fraction of sp³-hybridized carbons (Fsp3) is 0.931. The molecule has 7 heteroatoms. The molecule has 4 saturated heterocycles. The smallest absolute Gasteiger partial charge is 0.309 e. The van der Waals surface area contributed by atoms with Crippen molar-refractivity contribution in [2.75, 3.05) is 32.7 Å². The van der Waals surface area contributed by atoms with Crippen LogP contribution in [-0.4, -0.2) is 78.9 Å². The summed E-state index contributed by atoms with van der Waals surface area (Å²) in [5.74, 6) is 2.21. The molecule has 6 aliphatic rings. The van der Waals surface area contributed by atoms with Crippen LogP contribution in [0.3, 0.4) is 0 Å². The summed E-state index contributed by atoms with van der Waals surface area (Å²) in [5, 5.41) is 3.63. The van der Waals surface area contributed by atoms with E-state index in [0.29, 0.717) is 42.9 Å². The standard InChI is InChI=1S/C29H47N3O4/c1-18-20(10-11-26(33)32-15-13-31(14-16-32)25-9-5-6-12-30-25)29(34)36-27-19(2)28-23(17-22(18)27)21-7-3-4-8-24(21)35-28/h18-25,27-28,30H,3-17H2,1-2H3. The number of carbonyl (C=O) groups is 2. The van der Waals surface area contributed by atoms with Crippen LogP contribution >= 0.6 is 0 Å². The van der Waals surface area contributed by atoms with Gasteiger partial charge in [-0.25, -0.2) is 0 Å². The highest BCUT2D eigenvalue weighted by Gasteiger charge is 2.58. The van der Waals surface area contributed by atoms with Gasteiger partial charge in [0.15, 0.2) is 0 Å². The Morgan fingerprint density at radius 2 is 1.69 bits per heavy atom. The van der Waals surface area contributed by atoms with E-state index >= 15 is 0 Å². The second-order valence-electron chi connectivity index (χ2n) is 12.8. The molecule has 0 radical (unpaired) electrons. The Kier molecular flexibility index (Phi) is 7.35. The number of piperazine rings is 1. The molecule has 2 aliphatic carbocycles. The maximum Gasteiger partial charge on any atom is 0.309 e. The van der Waals surface area contributed by atoms with Gasteiger partial charge in [-0.15, -0.1) is 0 Å². The molecule has 4 aliphatic heterocycles. The third-order valence-corrected chi connectivity index (χ3v) is 11.0. The zero-order chi connectivity index (χ0) is 24.8. The number of fused-ring (bicyclic) bond motifs is 4. The van der Waals surface area contributed by atoms with E-state index in [1.165, 1.54) is 44.9 Å². The van der Waals surface area contributed by atoms with Crippen LogP contribution < -0.4 is 5.32 Å². The summed E-state index contributed by atoms with van der Waals surface area (Å²) >= 11 is 0. The summed E-state index contributed by atoms with van der Waals surface area (Å²) in [7, 11) is 0. The molecular weight excluding hydrogens is 454 g/mol. The van der Waals surface area contributed by atoms with E-state index in [0.717, 1.165) is 39.1 Å². The van der Waals surface area contributed by atoms with E-state index in [4.69, 9.17) is 9.47 Å². The van der Waals surface area contributed by atoms with E-state index in [1.807, 2.05) is 4.90 Å². The largest absolute Gasteiger partial charge is 0.461 e. The topological polar surface area (TPSA) is 71.1 Å². The predicted octanol–water partition coefficient (Wildman–Crippen LogP) is 3.42. The molecule has 1 amide bonds. The quantitative estimate of drug-likeness (QED) is 0.596. The Bertz CT molecular complexity index is 808. The molecule has 1 N–H and O–H groups in total. The Labute approximate surface area is 217 Å². The minimum Gasteiger partial charge on any atom is -0.461 e. The molecule has 4 heterocycles. The number of rotatable bonds is 4. The lowest BCUT2D eigenvalue weighted by Gasteiger charge is -2.50. The van der Waals surface area contributed by atoms with E-state index < -0.39 is 0 Å². The van der Waals surface area contributed by atoms with Gasteiger partial charge in [-0.3, -0.25) is 14.5 Å². The van der Waals surface area contributed by atoms with Crippen LogP contribution in [0.5, 0.6) is 0 Å². The summed E-state index contributed by atoms with van der Waals surface area (Å²) < 4.78 is 12.7.